The molecule has 2 N–H and O–H groups in total. The van der Waals surface area contributed by atoms with Gasteiger partial charge in [-0.25, -0.2) is 5.48 Å². The van der Waals surface area contributed by atoms with Crippen molar-refractivity contribution in [3.63, 3.8) is 0 Å². The van der Waals surface area contributed by atoms with Gasteiger partial charge < -0.3 is 9.80 Å². The first kappa shape index (κ1) is 22.8. The van der Waals surface area contributed by atoms with Gasteiger partial charge in [-0.15, -0.1) is 0 Å². The van der Waals surface area contributed by atoms with E-state index in [0.29, 0.717) is 19.0 Å². The lowest BCUT2D eigenvalue weighted by atomic mass is 10.1. The molecule has 1 heterocycles. The van der Waals surface area contributed by atoms with Crippen molar-refractivity contribution in [3.8, 4) is 0 Å². The fourth-order valence-corrected chi connectivity index (χ4v) is 4.14. The van der Waals surface area contributed by atoms with Crippen LogP contribution in [0.25, 0.3) is 0 Å². The summed E-state index contributed by atoms with van der Waals surface area (Å²) in [6.07, 6.45) is 12.6. The number of benzene rings is 1. The van der Waals surface area contributed by atoms with Crippen molar-refractivity contribution >= 4 is 23.2 Å². The van der Waals surface area contributed by atoms with E-state index in [9.17, 15) is 9.59 Å². The lowest BCUT2D eigenvalue weighted by Gasteiger charge is -2.28. The van der Waals surface area contributed by atoms with E-state index in [1.165, 1.54) is 0 Å². The van der Waals surface area contributed by atoms with Gasteiger partial charge in [-0.3, -0.25) is 14.8 Å². The topological polar surface area (TPSA) is 72.9 Å². The number of fused-ring (bicyclic) bond motifs is 1. The predicted molar refractivity (Wildman–Crippen MR) is 124 cm³/mol. The molecule has 1 aromatic rings. The first-order valence-electron chi connectivity index (χ1n) is 11.2. The van der Waals surface area contributed by atoms with E-state index in [4.69, 9.17) is 5.21 Å². The molecular weight excluding hydrogens is 390 g/mol. The van der Waals surface area contributed by atoms with E-state index >= 15 is 0 Å². The maximum absolute atomic E-state index is 13.6. The second-order valence-corrected chi connectivity index (χ2v) is 8.19. The molecule has 3 rings (SSSR count). The molecule has 0 spiro atoms. The number of hydrogen-bond acceptors (Lipinski definition) is 4. The average molecular weight is 424 g/mol. The predicted octanol–water partition coefficient (Wildman–Crippen LogP) is 4.86. The number of anilines is 2. The summed E-state index contributed by atoms with van der Waals surface area (Å²) in [6, 6.07) is 8.65. The number of unbranched alkanes of at least 4 members (excludes halogenated alkanes) is 4. The standard InChI is InChI=1S/C25H33N3O3/c1-3-4-12-21-19(2)28(20-16-17-20)23-14-10-9-13-22(23)27(25(21)30)18-11-7-5-6-8-15-24(29)26-31/h3-4,9-10,12-14,20,31H,1,5-8,11,15-18H2,2H3,(H,26,29)/b12-4-. The first-order chi connectivity index (χ1) is 15.1. The Morgan fingerprint density at radius 3 is 2.52 bits per heavy atom. The summed E-state index contributed by atoms with van der Waals surface area (Å²) in [4.78, 5) is 28.9. The molecule has 2 aliphatic rings. The molecule has 0 atom stereocenters. The summed E-state index contributed by atoms with van der Waals surface area (Å²) >= 11 is 0. The SMILES string of the molecule is C=C/C=C\C1=C(C)N(C2CC2)c2ccccc2N(CCCCCCCC(=O)NO)C1=O. The molecule has 166 valence electrons. The molecule has 1 saturated carbocycles. The fourth-order valence-electron chi connectivity index (χ4n) is 4.14. The highest BCUT2D eigenvalue weighted by atomic mass is 16.5. The molecule has 1 aliphatic heterocycles. The van der Waals surface area contributed by atoms with Crippen molar-refractivity contribution in [1.29, 1.82) is 0 Å². The maximum Gasteiger partial charge on any atom is 0.260 e. The molecule has 0 saturated heterocycles. The summed E-state index contributed by atoms with van der Waals surface area (Å²) in [5.74, 6) is -0.305. The minimum atomic E-state index is -0.339. The Hall–Kier alpha value is -2.86. The van der Waals surface area contributed by atoms with Crippen LogP contribution >= 0.6 is 0 Å². The van der Waals surface area contributed by atoms with Crippen LogP contribution in [-0.4, -0.2) is 29.6 Å². The van der Waals surface area contributed by atoms with Gasteiger partial charge in [-0.2, -0.15) is 0 Å². The molecule has 1 aromatic carbocycles. The first-order valence-corrected chi connectivity index (χ1v) is 11.2. The van der Waals surface area contributed by atoms with Crippen molar-refractivity contribution in [3.05, 3.63) is 60.3 Å². The monoisotopic (exact) mass is 423 g/mol. The number of para-hydroxylation sites is 2. The number of amides is 2. The molecular formula is C25H33N3O3. The molecule has 1 aliphatic carbocycles. The lowest BCUT2D eigenvalue weighted by Crippen LogP contribution is -2.32. The number of carbonyl (C=O) groups is 2. The highest BCUT2D eigenvalue weighted by Gasteiger charge is 2.37. The van der Waals surface area contributed by atoms with Crippen molar-refractivity contribution in [1.82, 2.24) is 5.48 Å². The maximum atomic E-state index is 13.6. The molecule has 31 heavy (non-hydrogen) atoms. The lowest BCUT2D eigenvalue weighted by molar-refractivity contribution is -0.129. The van der Waals surface area contributed by atoms with Crippen molar-refractivity contribution < 1.29 is 14.8 Å². The van der Waals surface area contributed by atoms with Crippen molar-refractivity contribution in [2.75, 3.05) is 16.3 Å². The second kappa shape index (κ2) is 11.0. The van der Waals surface area contributed by atoms with Crippen LogP contribution < -0.4 is 15.3 Å². The van der Waals surface area contributed by atoms with Gasteiger partial charge in [-0.1, -0.05) is 50.1 Å². The van der Waals surface area contributed by atoms with E-state index in [1.54, 1.807) is 11.6 Å². The average Bonchev–Trinajstić information content (AvgIpc) is 3.61. The van der Waals surface area contributed by atoms with Gasteiger partial charge in [0, 0.05) is 24.7 Å². The van der Waals surface area contributed by atoms with E-state index < -0.39 is 0 Å². The zero-order chi connectivity index (χ0) is 22.2. The van der Waals surface area contributed by atoms with Gasteiger partial charge in [0.2, 0.25) is 5.91 Å². The van der Waals surface area contributed by atoms with Crippen LogP contribution in [0.1, 0.15) is 58.3 Å². The Morgan fingerprint density at radius 1 is 1.16 bits per heavy atom. The van der Waals surface area contributed by atoms with Crippen molar-refractivity contribution in [2.45, 2.75) is 64.3 Å². The van der Waals surface area contributed by atoms with Gasteiger partial charge in [0.1, 0.15) is 0 Å². The Morgan fingerprint density at radius 2 is 1.84 bits per heavy atom. The summed E-state index contributed by atoms with van der Waals surface area (Å²) in [6.45, 7) is 6.46. The van der Waals surface area contributed by atoms with E-state index in [0.717, 1.165) is 67.6 Å². The van der Waals surface area contributed by atoms with E-state index in [-0.39, 0.29) is 11.8 Å². The zero-order valence-electron chi connectivity index (χ0n) is 18.3. The molecule has 0 radical (unpaired) electrons. The van der Waals surface area contributed by atoms with E-state index in [1.807, 2.05) is 42.2 Å². The van der Waals surface area contributed by atoms with Crippen LogP contribution in [0, 0.1) is 0 Å². The largest absolute Gasteiger partial charge is 0.340 e. The number of rotatable bonds is 11. The fraction of sp³-hybridized carbons (Fsp3) is 0.440. The third kappa shape index (κ3) is 5.64. The Labute approximate surface area is 184 Å². The number of allylic oxidation sites excluding steroid dienone is 3. The van der Waals surface area contributed by atoms with Crippen LogP contribution in [0.2, 0.25) is 0 Å². The number of hydrogen-bond donors (Lipinski definition) is 2. The molecule has 0 unspecified atom stereocenters. The van der Waals surface area contributed by atoms with Crippen LogP contribution in [-0.2, 0) is 9.59 Å². The number of nitrogens with one attached hydrogen (secondary N) is 1. The quantitative estimate of drug-likeness (QED) is 0.231. The van der Waals surface area contributed by atoms with Gasteiger partial charge in [0.15, 0.2) is 0 Å². The molecule has 6 heteroatoms. The van der Waals surface area contributed by atoms with Gasteiger partial charge in [-0.05, 0) is 50.8 Å². The minimum absolute atomic E-state index is 0.0332. The molecule has 6 nitrogen and oxygen atoms in total. The number of hydroxylamine groups is 1. The summed E-state index contributed by atoms with van der Waals surface area (Å²) in [7, 11) is 0. The third-order valence-corrected chi connectivity index (χ3v) is 5.88. The smallest absolute Gasteiger partial charge is 0.260 e. The molecule has 1 fully saturated rings. The normalized spacial score (nSPS) is 16.5. The summed E-state index contributed by atoms with van der Waals surface area (Å²) < 4.78 is 0. The van der Waals surface area contributed by atoms with Crippen LogP contribution in [0.15, 0.2) is 60.3 Å². The summed E-state index contributed by atoms with van der Waals surface area (Å²) in [5, 5.41) is 8.54. The molecule has 0 bridgehead atoms. The van der Waals surface area contributed by atoms with Gasteiger partial charge >= 0.3 is 0 Å². The number of nitrogens with zero attached hydrogens (tertiary/aromatic N) is 2. The number of carbonyl (C=O) groups excluding carboxylic acids is 2. The Balaban J connectivity index is 1.73. The van der Waals surface area contributed by atoms with Crippen LogP contribution in [0.3, 0.4) is 0 Å². The van der Waals surface area contributed by atoms with Crippen LogP contribution in [0.4, 0.5) is 11.4 Å². The highest BCUT2D eigenvalue weighted by molar-refractivity contribution is 6.11. The van der Waals surface area contributed by atoms with Gasteiger partial charge in [0.05, 0.1) is 16.9 Å². The van der Waals surface area contributed by atoms with E-state index in [2.05, 4.69) is 17.5 Å². The van der Waals surface area contributed by atoms with Gasteiger partial charge in [0.25, 0.3) is 5.91 Å². The third-order valence-electron chi connectivity index (χ3n) is 5.88. The highest BCUT2D eigenvalue weighted by Crippen LogP contribution is 2.43. The van der Waals surface area contributed by atoms with Crippen LogP contribution in [0.5, 0.6) is 0 Å². The summed E-state index contributed by atoms with van der Waals surface area (Å²) in [5.41, 5.74) is 5.47. The minimum Gasteiger partial charge on any atom is -0.340 e. The molecule has 0 aromatic heterocycles. The zero-order valence-corrected chi connectivity index (χ0v) is 18.3. The Bertz CT molecular complexity index is 871. The second-order valence-electron chi connectivity index (χ2n) is 8.19. The van der Waals surface area contributed by atoms with Crippen molar-refractivity contribution in [2.24, 2.45) is 0 Å². The molecule has 2 amide bonds. The Kier molecular flexibility index (Phi) is 8.06.